The molecule has 0 amide bonds. The third-order valence-corrected chi connectivity index (χ3v) is 4.68. The molecule has 0 aliphatic carbocycles. The van der Waals surface area contributed by atoms with Gasteiger partial charge >= 0.3 is 0 Å². The topological polar surface area (TPSA) is 12.5 Å². The number of ether oxygens (including phenoxy) is 1. The predicted octanol–water partition coefficient (Wildman–Crippen LogP) is 4.08. The number of para-hydroxylation sites is 1. The Bertz CT molecular complexity index is 603. The smallest absolute Gasteiger partial charge is 0.126 e. The van der Waals surface area contributed by atoms with E-state index in [-0.39, 0.29) is 18.0 Å². The zero-order valence-electron chi connectivity index (χ0n) is 12.7. The van der Waals surface area contributed by atoms with E-state index >= 15 is 0 Å². The van der Waals surface area contributed by atoms with Crippen LogP contribution in [0, 0.1) is 0 Å². The van der Waals surface area contributed by atoms with Crippen LogP contribution in [0.3, 0.4) is 0 Å². The molecule has 2 aliphatic rings. The molecule has 2 aromatic rings. The van der Waals surface area contributed by atoms with Crippen molar-refractivity contribution >= 4 is 12.4 Å². The Kier molecular flexibility index (Phi) is 4.42. The molecule has 0 bridgehead atoms. The Morgan fingerprint density at radius 3 is 2.59 bits per heavy atom. The minimum Gasteiger partial charge on any atom is -0.485 e. The molecule has 2 heterocycles. The Hall–Kier alpha value is -1.51. The number of hydrogen-bond acceptors (Lipinski definition) is 2. The van der Waals surface area contributed by atoms with Crippen LogP contribution in [0.2, 0.25) is 0 Å². The first kappa shape index (κ1) is 15.4. The van der Waals surface area contributed by atoms with Crippen molar-refractivity contribution in [3.05, 3.63) is 65.7 Å². The molecule has 116 valence electrons. The van der Waals surface area contributed by atoms with Crippen LogP contribution < -0.4 is 4.74 Å². The van der Waals surface area contributed by atoms with Gasteiger partial charge in [0.25, 0.3) is 0 Å². The Morgan fingerprint density at radius 2 is 1.77 bits per heavy atom. The van der Waals surface area contributed by atoms with Crippen LogP contribution in [0.4, 0.5) is 0 Å². The van der Waals surface area contributed by atoms with E-state index in [9.17, 15) is 0 Å². The molecule has 0 saturated carbocycles. The number of hydrogen-bond donors (Lipinski definition) is 0. The molecule has 1 spiro atoms. The standard InChI is InChI=1S/C19H21NO.ClH/c1-2-7-16(8-3-1)14-20-12-6-11-19(15-20)13-17-9-4-5-10-18(17)21-19;/h1-5,7-10H,6,11-15H2;1H. The fourth-order valence-corrected chi connectivity index (χ4v) is 3.76. The van der Waals surface area contributed by atoms with Crippen molar-refractivity contribution in [2.75, 3.05) is 13.1 Å². The molecule has 3 heteroatoms. The van der Waals surface area contributed by atoms with E-state index < -0.39 is 0 Å². The number of fused-ring (bicyclic) bond motifs is 1. The summed E-state index contributed by atoms with van der Waals surface area (Å²) in [4.78, 5) is 2.55. The van der Waals surface area contributed by atoms with E-state index in [1.807, 2.05) is 0 Å². The van der Waals surface area contributed by atoms with Gasteiger partial charge in [-0.15, -0.1) is 12.4 Å². The second-order valence-corrected chi connectivity index (χ2v) is 6.37. The maximum absolute atomic E-state index is 6.36. The zero-order chi connectivity index (χ0) is 14.1. The lowest BCUT2D eigenvalue weighted by atomic mass is 9.88. The SMILES string of the molecule is Cl.c1ccc(CN2CCCC3(Cc4ccccc4O3)C2)cc1. The summed E-state index contributed by atoms with van der Waals surface area (Å²) >= 11 is 0. The largest absolute Gasteiger partial charge is 0.485 e. The summed E-state index contributed by atoms with van der Waals surface area (Å²) < 4.78 is 6.36. The molecule has 1 fully saturated rings. The molecule has 22 heavy (non-hydrogen) atoms. The minimum atomic E-state index is 0. The van der Waals surface area contributed by atoms with E-state index in [0.717, 1.165) is 25.3 Å². The number of halogens is 1. The number of piperidine rings is 1. The third-order valence-electron chi connectivity index (χ3n) is 4.68. The Balaban J connectivity index is 0.00000144. The zero-order valence-corrected chi connectivity index (χ0v) is 13.5. The number of benzene rings is 2. The van der Waals surface area contributed by atoms with E-state index in [4.69, 9.17) is 4.74 Å². The first-order valence-corrected chi connectivity index (χ1v) is 7.86. The molecule has 2 aromatic carbocycles. The lowest BCUT2D eigenvalue weighted by Gasteiger charge is -2.39. The van der Waals surface area contributed by atoms with Crippen LogP contribution in [0.1, 0.15) is 24.0 Å². The Labute approximate surface area is 138 Å². The summed E-state index contributed by atoms with van der Waals surface area (Å²) in [5.41, 5.74) is 2.78. The molecule has 0 N–H and O–H groups in total. The second-order valence-electron chi connectivity index (χ2n) is 6.37. The van der Waals surface area contributed by atoms with Crippen molar-refractivity contribution < 1.29 is 4.74 Å². The second kappa shape index (κ2) is 6.31. The lowest BCUT2D eigenvalue weighted by Crippen LogP contribution is -2.50. The number of nitrogens with zero attached hydrogens (tertiary/aromatic N) is 1. The molecule has 1 unspecified atom stereocenters. The van der Waals surface area contributed by atoms with Crippen molar-refractivity contribution in [3.63, 3.8) is 0 Å². The highest BCUT2D eigenvalue weighted by molar-refractivity contribution is 5.85. The minimum absolute atomic E-state index is 0. The van der Waals surface area contributed by atoms with Crippen molar-refractivity contribution in [2.45, 2.75) is 31.4 Å². The van der Waals surface area contributed by atoms with Crippen LogP contribution in [-0.2, 0) is 13.0 Å². The number of likely N-dealkylation sites (tertiary alicyclic amines) is 1. The quantitative estimate of drug-likeness (QED) is 0.828. The van der Waals surface area contributed by atoms with Gasteiger partial charge in [0.2, 0.25) is 0 Å². The predicted molar refractivity (Wildman–Crippen MR) is 91.7 cm³/mol. The van der Waals surface area contributed by atoms with E-state index in [1.165, 1.54) is 30.5 Å². The van der Waals surface area contributed by atoms with Gasteiger partial charge < -0.3 is 4.74 Å². The third kappa shape index (κ3) is 2.99. The van der Waals surface area contributed by atoms with Gasteiger partial charge in [-0.1, -0.05) is 48.5 Å². The van der Waals surface area contributed by atoms with Gasteiger partial charge in [0.05, 0.1) is 0 Å². The highest BCUT2D eigenvalue weighted by Gasteiger charge is 2.42. The summed E-state index contributed by atoms with van der Waals surface area (Å²) in [5, 5.41) is 0. The normalized spacial score (nSPS) is 23.6. The molecule has 2 nitrogen and oxygen atoms in total. The van der Waals surface area contributed by atoms with Crippen molar-refractivity contribution in [1.29, 1.82) is 0 Å². The first-order chi connectivity index (χ1) is 10.3. The van der Waals surface area contributed by atoms with Crippen molar-refractivity contribution in [3.8, 4) is 5.75 Å². The van der Waals surface area contributed by atoms with Crippen LogP contribution in [-0.4, -0.2) is 23.6 Å². The van der Waals surface area contributed by atoms with Gasteiger partial charge in [-0.3, -0.25) is 4.90 Å². The van der Waals surface area contributed by atoms with Crippen LogP contribution >= 0.6 is 12.4 Å². The molecular formula is C19H22ClNO. The van der Waals surface area contributed by atoms with Crippen molar-refractivity contribution in [2.24, 2.45) is 0 Å². The summed E-state index contributed by atoms with van der Waals surface area (Å²) in [7, 11) is 0. The fraction of sp³-hybridized carbons (Fsp3) is 0.368. The van der Waals surface area contributed by atoms with E-state index in [0.29, 0.717) is 0 Å². The molecule has 2 aliphatic heterocycles. The van der Waals surface area contributed by atoms with Gasteiger partial charge in [-0.05, 0) is 36.6 Å². The molecule has 0 aromatic heterocycles. The highest BCUT2D eigenvalue weighted by atomic mass is 35.5. The monoisotopic (exact) mass is 315 g/mol. The molecule has 4 rings (SSSR count). The first-order valence-electron chi connectivity index (χ1n) is 7.86. The van der Waals surface area contributed by atoms with Crippen LogP contribution in [0.25, 0.3) is 0 Å². The molecular weight excluding hydrogens is 294 g/mol. The van der Waals surface area contributed by atoms with Gasteiger partial charge in [0.1, 0.15) is 11.4 Å². The van der Waals surface area contributed by atoms with Gasteiger partial charge in [0, 0.05) is 19.5 Å². The average molecular weight is 316 g/mol. The van der Waals surface area contributed by atoms with E-state index in [1.54, 1.807) is 0 Å². The molecule has 1 atom stereocenters. The van der Waals surface area contributed by atoms with E-state index in [2.05, 4.69) is 59.5 Å². The summed E-state index contributed by atoms with van der Waals surface area (Å²) in [6.07, 6.45) is 3.46. The highest BCUT2D eigenvalue weighted by Crippen LogP contribution is 2.40. The summed E-state index contributed by atoms with van der Waals surface area (Å²) in [5.74, 6) is 1.10. The Morgan fingerprint density at radius 1 is 1.00 bits per heavy atom. The number of rotatable bonds is 2. The van der Waals surface area contributed by atoms with Gasteiger partial charge in [-0.25, -0.2) is 0 Å². The van der Waals surface area contributed by atoms with Crippen LogP contribution in [0.5, 0.6) is 5.75 Å². The maximum Gasteiger partial charge on any atom is 0.126 e. The van der Waals surface area contributed by atoms with Crippen molar-refractivity contribution in [1.82, 2.24) is 4.90 Å². The molecule has 1 saturated heterocycles. The summed E-state index contributed by atoms with van der Waals surface area (Å²) in [6.45, 7) is 3.25. The fourth-order valence-electron chi connectivity index (χ4n) is 3.76. The summed E-state index contributed by atoms with van der Waals surface area (Å²) in [6, 6.07) is 19.3. The maximum atomic E-state index is 6.36. The average Bonchev–Trinajstić information content (AvgIpc) is 2.85. The molecule has 0 radical (unpaired) electrons. The lowest BCUT2D eigenvalue weighted by molar-refractivity contribution is 0.00519. The van der Waals surface area contributed by atoms with Gasteiger partial charge in [-0.2, -0.15) is 0 Å². The van der Waals surface area contributed by atoms with Gasteiger partial charge in [0.15, 0.2) is 0 Å². The van der Waals surface area contributed by atoms with Crippen LogP contribution in [0.15, 0.2) is 54.6 Å².